The van der Waals surface area contributed by atoms with Gasteiger partial charge in [-0.1, -0.05) is 36.6 Å². The van der Waals surface area contributed by atoms with Crippen LogP contribution >= 0.6 is 31.2 Å². The second kappa shape index (κ2) is 9.90. The van der Waals surface area contributed by atoms with Crippen molar-refractivity contribution in [2.45, 2.75) is 61.1 Å². The Kier molecular flexibility index (Phi) is 7.14. The van der Waals surface area contributed by atoms with Crippen LogP contribution in [0.15, 0.2) is 46.1 Å². The highest BCUT2D eigenvalue weighted by atomic mass is 35.5. The smallest absolute Gasteiger partial charge is 0.402 e. The van der Waals surface area contributed by atoms with Crippen molar-refractivity contribution in [2.75, 3.05) is 12.4 Å². The van der Waals surface area contributed by atoms with Crippen LogP contribution in [0.5, 0.6) is 5.75 Å². The lowest BCUT2D eigenvalue weighted by Crippen LogP contribution is -2.54. The Hall–Kier alpha value is -1.66. The number of alkyl halides is 1. The number of phosphoric acid groups is 1. The second-order valence-corrected chi connectivity index (χ2v) is 12.4. The predicted molar refractivity (Wildman–Crippen MR) is 130 cm³/mol. The van der Waals surface area contributed by atoms with E-state index in [1.165, 1.54) is 30.1 Å². The van der Waals surface area contributed by atoms with Gasteiger partial charge in [0, 0.05) is 12.3 Å². The van der Waals surface area contributed by atoms with Gasteiger partial charge >= 0.3 is 13.5 Å². The zero-order chi connectivity index (χ0) is 25.6. The number of nitrogens with one attached hydrogen (secondary N) is 1. The Labute approximate surface area is 214 Å². The van der Waals surface area contributed by atoms with E-state index in [2.05, 4.69) is 4.98 Å². The molecule has 1 aliphatic carbocycles. The van der Waals surface area contributed by atoms with E-state index in [-0.39, 0.29) is 10.8 Å². The molecule has 0 radical (unpaired) electrons. The number of aliphatic hydroxyl groups is 1. The number of phosphoric ester groups is 1. The van der Waals surface area contributed by atoms with Crippen molar-refractivity contribution in [1.29, 1.82) is 0 Å². The molecule has 1 spiro atoms. The third kappa shape index (κ3) is 4.80. The lowest BCUT2D eigenvalue weighted by atomic mass is 9.93. The van der Waals surface area contributed by atoms with Crippen molar-refractivity contribution in [3.63, 3.8) is 0 Å². The summed E-state index contributed by atoms with van der Waals surface area (Å²) in [5.74, 6) is -2.22. The van der Waals surface area contributed by atoms with Crippen LogP contribution < -0.4 is 15.8 Å². The molecular weight excluding hydrogens is 538 g/mol. The number of halogens is 2. The van der Waals surface area contributed by atoms with Crippen LogP contribution in [0, 0.1) is 0 Å². The fourth-order valence-electron chi connectivity index (χ4n) is 4.68. The number of thioether (sulfide) groups is 1. The van der Waals surface area contributed by atoms with Gasteiger partial charge in [-0.05, 0) is 37.1 Å². The fourth-order valence-corrected chi connectivity index (χ4v) is 7.68. The zero-order valence-corrected chi connectivity index (χ0v) is 21.5. The maximum atomic E-state index is 16.2. The van der Waals surface area contributed by atoms with Gasteiger partial charge in [-0.3, -0.25) is 23.4 Å². The summed E-state index contributed by atoms with van der Waals surface area (Å²) in [7, 11) is -4.42. The molecule has 3 aliphatic rings. The maximum Gasteiger partial charge on any atom is 0.530 e. The van der Waals surface area contributed by atoms with E-state index < -0.39 is 54.7 Å². The quantitative estimate of drug-likeness (QED) is 0.462. The molecule has 1 saturated carbocycles. The van der Waals surface area contributed by atoms with Gasteiger partial charge in [0.15, 0.2) is 6.23 Å². The summed E-state index contributed by atoms with van der Waals surface area (Å²) in [6.07, 6.45) is 1.14. The van der Waals surface area contributed by atoms with E-state index in [1.807, 2.05) is 0 Å². The fraction of sp³-hybridized carbons (Fsp3) is 0.545. The molecular formula is C22H25ClFN2O8PS. The predicted octanol–water partition coefficient (Wildman–Crippen LogP) is 3.78. The van der Waals surface area contributed by atoms with Gasteiger partial charge in [0.1, 0.15) is 18.5 Å². The monoisotopic (exact) mass is 562 g/mol. The number of nitrogens with zero attached hydrogens (tertiary/aromatic N) is 1. The highest BCUT2D eigenvalue weighted by Crippen LogP contribution is 2.61. The van der Waals surface area contributed by atoms with Crippen LogP contribution in [0.25, 0.3) is 0 Å². The Bertz CT molecular complexity index is 1280. The van der Waals surface area contributed by atoms with E-state index in [0.717, 1.165) is 23.5 Å². The summed E-state index contributed by atoms with van der Waals surface area (Å²) < 4.78 is 51.9. The van der Waals surface area contributed by atoms with E-state index in [1.54, 1.807) is 12.1 Å². The average Bonchev–Trinajstić information content (AvgIpc) is 3.39. The van der Waals surface area contributed by atoms with Gasteiger partial charge in [0.05, 0.1) is 15.9 Å². The van der Waals surface area contributed by atoms with E-state index in [9.17, 15) is 19.3 Å². The molecule has 196 valence electrons. The third-order valence-corrected chi connectivity index (χ3v) is 9.92. The van der Waals surface area contributed by atoms with Gasteiger partial charge in [0.25, 0.3) is 11.4 Å². The Morgan fingerprint density at radius 2 is 2.00 bits per heavy atom. The Morgan fingerprint density at radius 1 is 1.28 bits per heavy atom. The summed E-state index contributed by atoms with van der Waals surface area (Å²) in [5, 5.41) is 11.2. The Morgan fingerprint density at radius 3 is 2.64 bits per heavy atom. The summed E-state index contributed by atoms with van der Waals surface area (Å²) in [6.45, 7) is -1.00. The van der Waals surface area contributed by atoms with Crippen molar-refractivity contribution in [3.8, 4) is 5.75 Å². The van der Waals surface area contributed by atoms with E-state index >= 15 is 4.39 Å². The number of H-pyrrole nitrogens is 1. The summed E-state index contributed by atoms with van der Waals surface area (Å²) in [5.41, 5.74) is -1.43. The molecule has 2 aliphatic heterocycles. The molecule has 0 bridgehead atoms. The topological polar surface area (TPSA) is 129 Å². The number of hydrogen-bond donors (Lipinski definition) is 2. The average molecular weight is 563 g/mol. The summed E-state index contributed by atoms with van der Waals surface area (Å²) in [6, 6.07) is 7.38. The van der Waals surface area contributed by atoms with Gasteiger partial charge < -0.3 is 14.4 Å². The first-order valence-corrected chi connectivity index (χ1v) is 14.3. The standard InChI is InChI=1S/C22H25ClFN2O8PS/c23-15-7-3-4-8-16(15)34-35(30,33-14-5-1-2-6-14)31-13-22(24)18(28)21(10-12-36-21)19(32-22)26-11-9-17(27)25-20(26)29/h3-4,7-9,11,14,18-19,28H,1-2,5-6,10,12-13H2,(H,25,27,29)/t18-,19+,21+,22+,35?/m0/s1. The third-order valence-electron chi connectivity index (χ3n) is 6.61. The van der Waals surface area contributed by atoms with Crippen molar-refractivity contribution >= 4 is 31.2 Å². The highest BCUT2D eigenvalue weighted by molar-refractivity contribution is 8.02. The maximum absolute atomic E-state index is 16.2. The first-order chi connectivity index (χ1) is 17.1. The van der Waals surface area contributed by atoms with Crippen molar-refractivity contribution in [1.82, 2.24) is 9.55 Å². The Balaban J connectivity index is 1.40. The molecule has 10 nitrogen and oxygen atoms in total. The molecule has 2 aromatic rings. The van der Waals surface area contributed by atoms with Crippen molar-refractivity contribution in [3.05, 3.63) is 62.4 Å². The number of aromatic nitrogens is 2. The van der Waals surface area contributed by atoms with Crippen LogP contribution in [0.3, 0.4) is 0 Å². The normalized spacial score (nSPS) is 31.9. The molecule has 14 heteroatoms. The number of hydrogen-bond acceptors (Lipinski definition) is 9. The molecule has 5 rings (SSSR count). The minimum absolute atomic E-state index is 0.0324. The summed E-state index contributed by atoms with van der Waals surface area (Å²) >= 11 is 7.38. The van der Waals surface area contributed by atoms with Crippen LogP contribution in [0.4, 0.5) is 4.39 Å². The molecule has 1 aromatic carbocycles. The number of aliphatic hydroxyl groups excluding tert-OH is 1. The molecule has 0 amide bonds. The molecule has 1 unspecified atom stereocenters. The molecule has 1 aromatic heterocycles. The number of rotatable bonds is 8. The van der Waals surface area contributed by atoms with Gasteiger partial charge in [-0.25, -0.2) is 13.8 Å². The SMILES string of the molecule is O=c1ccn([C@@H]2O[C@](F)(COP(=O)(Oc3ccccc3Cl)OC3CCCC3)[C@@H](O)[C@]23CCS3)c(=O)[nH]1. The van der Waals surface area contributed by atoms with Crippen LogP contribution in [-0.2, 0) is 18.3 Å². The molecule has 2 N–H and O–H groups in total. The lowest BCUT2D eigenvalue weighted by molar-refractivity contribution is -0.205. The molecule has 36 heavy (non-hydrogen) atoms. The first-order valence-electron chi connectivity index (χ1n) is 11.5. The molecule has 2 saturated heterocycles. The van der Waals surface area contributed by atoms with E-state index in [4.69, 9.17) is 29.9 Å². The number of benzene rings is 1. The van der Waals surface area contributed by atoms with Gasteiger partial charge in [-0.15, -0.1) is 11.8 Å². The second-order valence-electron chi connectivity index (χ2n) is 8.98. The largest absolute Gasteiger partial charge is 0.530 e. The molecule has 5 atom stereocenters. The minimum Gasteiger partial charge on any atom is -0.402 e. The first kappa shape index (κ1) is 26.0. The van der Waals surface area contributed by atoms with Crippen LogP contribution in [0.2, 0.25) is 5.02 Å². The molecule has 3 heterocycles. The molecule has 3 fully saturated rings. The van der Waals surface area contributed by atoms with Crippen molar-refractivity contribution < 1.29 is 32.4 Å². The lowest BCUT2D eigenvalue weighted by Gasteiger charge is -2.43. The van der Waals surface area contributed by atoms with Crippen molar-refractivity contribution in [2.24, 2.45) is 0 Å². The number of para-hydroxylation sites is 1. The van der Waals surface area contributed by atoms with Gasteiger partial charge in [0.2, 0.25) is 0 Å². The minimum atomic E-state index is -4.42. The van der Waals surface area contributed by atoms with Gasteiger partial charge in [-0.2, -0.15) is 0 Å². The number of ether oxygens (including phenoxy) is 1. The van der Waals surface area contributed by atoms with E-state index in [0.29, 0.717) is 25.0 Å². The zero-order valence-electron chi connectivity index (χ0n) is 19.0. The highest BCUT2D eigenvalue weighted by Gasteiger charge is 2.69. The number of aromatic amines is 1. The summed E-state index contributed by atoms with van der Waals surface area (Å²) in [4.78, 5) is 26.0. The van der Waals surface area contributed by atoms with Crippen LogP contribution in [0.1, 0.15) is 38.3 Å². The van der Waals surface area contributed by atoms with Crippen LogP contribution in [-0.4, -0.2) is 49.8 Å².